The van der Waals surface area contributed by atoms with Gasteiger partial charge in [-0.25, -0.2) is 4.39 Å². The summed E-state index contributed by atoms with van der Waals surface area (Å²) in [5.74, 6) is -0.855. The summed E-state index contributed by atoms with van der Waals surface area (Å²) in [6.07, 6.45) is 1.15. The molecule has 0 aliphatic carbocycles. The van der Waals surface area contributed by atoms with E-state index in [2.05, 4.69) is 5.32 Å². The van der Waals surface area contributed by atoms with Gasteiger partial charge in [-0.2, -0.15) is 0 Å². The third-order valence-electron chi connectivity index (χ3n) is 4.05. The summed E-state index contributed by atoms with van der Waals surface area (Å²) in [5.41, 5.74) is 0.733. The first-order valence-electron chi connectivity index (χ1n) is 8.13. The van der Waals surface area contributed by atoms with E-state index in [1.165, 1.54) is 12.1 Å². The predicted molar refractivity (Wildman–Crippen MR) is 101 cm³/mol. The largest absolute Gasteiger partial charge is 0.484 e. The van der Waals surface area contributed by atoms with Gasteiger partial charge in [-0.1, -0.05) is 39.3 Å². The molecule has 6 heteroatoms. The average Bonchev–Trinajstić information content (AvgIpc) is 2.50. The molecule has 1 amide bonds. The number of hydrogen-bond acceptors (Lipinski definition) is 3. The Balaban J connectivity index is 2.93. The number of ether oxygens (including phenoxy) is 1. The second-order valence-electron chi connectivity index (χ2n) is 6.33. The zero-order valence-electron chi connectivity index (χ0n) is 14.8. The van der Waals surface area contributed by atoms with Crippen molar-refractivity contribution < 1.29 is 13.9 Å². The van der Waals surface area contributed by atoms with Crippen molar-refractivity contribution in [1.82, 2.24) is 0 Å². The molecule has 1 N–H and O–H groups in total. The lowest BCUT2D eigenvalue weighted by atomic mass is 9.97. The van der Waals surface area contributed by atoms with Crippen molar-refractivity contribution in [3.8, 4) is 0 Å². The Kier molecular flexibility index (Phi) is 8.10. The van der Waals surface area contributed by atoms with Crippen LogP contribution in [0, 0.1) is 17.7 Å². The molecule has 0 fully saturated rings. The van der Waals surface area contributed by atoms with Crippen LogP contribution in [0.1, 0.15) is 46.6 Å². The lowest BCUT2D eigenvalue weighted by Gasteiger charge is -2.17. The molecule has 0 radical (unpaired) electrons. The minimum absolute atomic E-state index is 0.0165. The molecule has 1 rings (SSSR count). The Morgan fingerprint density at radius 2 is 1.96 bits per heavy atom. The molecule has 1 aromatic rings. The van der Waals surface area contributed by atoms with Crippen LogP contribution >= 0.6 is 23.8 Å². The van der Waals surface area contributed by atoms with Crippen molar-refractivity contribution in [3.63, 3.8) is 0 Å². The first-order valence-corrected chi connectivity index (χ1v) is 8.92. The highest BCUT2D eigenvalue weighted by Gasteiger charge is 2.19. The van der Waals surface area contributed by atoms with Crippen molar-refractivity contribution in [2.45, 2.75) is 53.6 Å². The van der Waals surface area contributed by atoms with Crippen LogP contribution in [0.3, 0.4) is 0 Å². The number of amides is 1. The van der Waals surface area contributed by atoms with E-state index in [1.54, 1.807) is 0 Å². The number of benzene rings is 1. The molecular weight excluding hydrogens is 349 g/mol. The van der Waals surface area contributed by atoms with Gasteiger partial charge in [0.2, 0.25) is 5.91 Å². The molecule has 0 aromatic heterocycles. The van der Waals surface area contributed by atoms with Gasteiger partial charge in [0.05, 0.1) is 11.8 Å². The Hall–Kier alpha value is -1.20. The molecule has 2 unspecified atom stereocenters. The molecule has 0 saturated carbocycles. The number of carbonyl (C=O) groups is 1. The molecule has 1 aromatic carbocycles. The molecule has 0 spiro atoms. The van der Waals surface area contributed by atoms with Gasteiger partial charge >= 0.3 is 0 Å². The zero-order chi connectivity index (χ0) is 18.4. The molecule has 0 bridgehead atoms. The van der Waals surface area contributed by atoms with Gasteiger partial charge in [0.15, 0.2) is 5.05 Å². The summed E-state index contributed by atoms with van der Waals surface area (Å²) in [5, 5.41) is 3.28. The van der Waals surface area contributed by atoms with E-state index in [4.69, 9.17) is 28.6 Å². The number of thiocarbonyl (C=S) groups is 1. The summed E-state index contributed by atoms with van der Waals surface area (Å²) < 4.78 is 19.7. The second kappa shape index (κ2) is 9.33. The number of hydrogen-bond donors (Lipinski definition) is 1. The highest BCUT2D eigenvalue weighted by atomic mass is 35.5. The summed E-state index contributed by atoms with van der Waals surface area (Å²) in [4.78, 5) is 12.1. The standard InChI is InChI=1S/C18H25ClFNO2S/c1-6-11(4)23-17(24)8-13-7-16(15(20)9-14(13)19)21-18(22)12(5)10(2)3/h7,9-12H,6,8H2,1-5H3,(H,21,22). The van der Waals surface area contributed by atoms with Crippen LogP contribution < -0.4 is 5.32 Å². The Labute approximate surface area is 153 Å². The molecule has 134 valence electrons. The minimum Gasteiger partial charge on any atom is -0.484 e. The molecule has 24 heavy (non-hydrogen) atoms. The smallest absolute Gasteiger partial charge is 0.227 e. The third kappa shape index (κ3) is 6.02. The maximum atomic E-state index is 14.1. The van der Waals surface area contributed by atoms with Crippen LogP contribution in [0.5, 0.6) is 0 Å². The van der Waals surface area contributed by atoms with E-state index >= 15 is 0 Å². The van der Waals surface area contributed by atoms with E-state index < -0.39 is 5.82 Å². The molecule has 0 heterocycles. The van der Waals surface area contributed by atoms with Crippen molar-refractivity contribution in [2.24, 2.45) is 11.8 Å². The average molecular weight is 374 g/mol. The number of nitrogens with one attached hydrogen (secondary N) is 1. The number of rotatable bonds is 7. The highest BCUT2D eigenvalue weighted by Crippen LogP contribution is 2.26. The van der Waals surface area contributed by atoms with Crippen LogP contribution in [0.2, 0.25) is 5.02 Å². The van der Waals surface area contributed by atoms with Gasteiger partial charge in [0, 0.05) is 17.4 Å². The molecule has 0 saturated heterocycles. The fourth-order valence-electron chi connectivity index (χ4n) is 1.88. The summed E-state index contributed by atoms with van der Waals surface area (Å²) in [7, 11) is 0. The van der Waals surface area contributed by atoms with Gasteiger partial charge in [-0.3, -0.25) is 4.79 Å². The minimum atomic E-state index is -0.568. The Morgan fingerprint density at radius 3 is 2.50 bits per heavy atom. The van der Waals surface area contributed by atoms with Crippen LogP contribution in [0.25, 0.3) is 0 Å². The van der Waals surface area contributed by atoms with E-state index in [9.17, 15) is 9.18 Å². The number of anilines is 1. The van der Waals surface area contributed by atoms with Gasteiger partial charge < -0.3 is 10.1 Å². The molecule has 2 atom stereocenters. The summed E-state index contributed by atoms with van der Waals surface area (Å²) in [6, 6.07) is 2.72. The fourth-order valence-corrected chi connectivity index (χ4v) is 2.42. The van der Waals surface area contributed by atoms with E-state index in [0.717, 1.165) is 6.42 Å². The normalized spacial score (nSPS) is 13.5. The summed E-state index contributed by atoms with van der Waals surface area (Å²) in [6.45, 7) is 9.63. The first kappa shape index (κ1) is 20.8. The van der Waals surface area contributed by atoms with Crippen LogP contribution in [-0.4, -0.2) is 17.1 Å². The molecule has 3 nitrogen and oxygen atoms in total. The Morgan fingerprint density at radius 1 is 1.33 bits per heavy atom. The van der Waals surface area contributed by atoms with Crippen molar-refractivity contribution in [3.05, 3.63) is 28.5 Å². The van der Waals surface area contributed by atoms with Crippen LogP contribution in [-0.2, 0) is 16.0 Å². The lowest BCUT2D eigenvalue weighted by Crippen LogP contribution is -2.25. The fraction of sp³-hybridized carbons (Fsp3) is 0.556. The molecule has 0 aliphatic heterocycles. The van der Waals surface area contributed by atoms with Crippen molar-refractivity contribution in [2.75, 3.05) is 5.32 Å². The number of halogens is 2. The topological polar surface area (TPSA) is 38.3 Å². The van der Waals surface area contributed by atoms with Gasteiger partial charge in [0.25, 0.3) is 0 Å². The van der Waals surface area contributed by atoms with Crippen molar-refractivity contribution >= 4 is 40.5 Å². The second-order valence-corrected chi connectivity index (χ2v) is 7.19. The molecular formula is C18H25ClFNO2S. The van der Waals surface area contributed by atoms with Gasteiger partial charge in [-0.15, -0.1) is 0 Å². The number of carbonyl (C=O) groups excluding carboxylic acids is 1. The van der Waals surface area contributed by atoms with Crippen molar-refractivity contribution in [1.29, 1.82) is 0 Å². The third-order valence-corrected chi connectivity index (χ3v) is 4.64. The zero-order valence-corrected chi connectivity index (χ0v) is 16.4. The van der Waals surface area contributed by atoms with E-state index in [-0.39, 0.29) is 34.6 Å². The first-order chi connectivity index (χ1) is 11.1. The predicted octanol–water partition coefficient (Wildman–Crippen LogP) is 5.39. The van der Waals surface area contributed by atoms with E-state index in [0.29, 0.717) is 17.0 Å². The maximum absolute atomic E-state index is 14.1. The lowest BCUT2D eigenvalue weighted by molar-refractivity contribution is -0.120. The summed E-state index contributed by atoms with van der Waals surface area (Å²) >= 11 is 11.3. The monoisotopic (exact) mass is 373 g/mol. The van der Waals surface area contributed by atoms with E-state index in [1.807, 2.05) is 34.6 Å². The maximum Gasteiger partial charge on any atom is 0.227 e. The Bertz CT molecular complexity index is 607. The van der Waals surface area contributed by atoms with Crippen LogP contribution in [0.4, 0.5) is 10.1 Å². The van der Waals surface area contributed by atoms with Crippen LogP contribution in [0.15, 0.2) is 12.1 Å². The van der Waals surface area contributed by atoms with Gasteiger partial charge in [-0.05, 0) is 49.2 Å². The molecule has 0 aliphatic rings. The quantitative estimate of drug-likeness (QED) is 0.651. The highest BCUT2D eigenvalue weighted by molar-refractivity contribution is 7.80. The SMILES string of the molecule is CCC(C)OC(=S)Cc1cc(NC(=O)C(C)C(C)C)c(F)cc1Cl. The van der Waals surface area contributed by atoms with Gasteiger partial charge in [0.1, 0.15) is 5.82 Å².